The number of aryl methyl sites for hydroxylation is 2. The third-order valence-electron chi connectivity index (χ3n) is 10.2. The molecule has 74 heavy (non-hydrogen) atoms. The van der Waals surface area contributed by atoms with Crippen molar-refractivity contribution in [1.29, 1.82) is 0 Å². The topological polar surface area (TPSA) is 322 Å². The Morgan fingerprint density at radius 2 is 1.65 bits per heavy atom. The largest absolute Gasteiger partial charge is 0.489 e. The number of sulfone groups is 1. The van der Waals surface area contributed by atoms with Crippen LogP contribution in [-0.2, 0) is 50.2 Å². The molecule has 0 radical (unpaired) electrons. The highest BCUT2D eigenvalue weighted by Gasteiger charge is 2.39. The molecule has 1 fully saturated rings. The van der Waals surface area contributed by atoms with Gasteiger partial charge in [-0.05, 0) is 69.9 Å². The number of aromatic nitrogens is 2. The lowest BCUT2D eigenvalue weighted by molar-refractivity contribution is -0.385. The zero-order chi connectivity index (χ0) is 56.6. The SMILES string of the molecule is CC(C)Oc1cc(-n2nc(C(C)(C)C)oc2=O)c(Cl)cc1Cl.CCc1cccc(C)c1N(C(=O)CCl)C(C)COC.CS(=O)(=O)c1ccc(C(=O)C2C(=O)CCCC2=O)c([N+](=O)[O-])c1.O=C(O)CNCP(=O)(O)O. The molecule has 1 aliphatic carbocycles. The Kier molecular flexibility index (Phi) is 25.0. The van der Waals surface area contributed by atoms with Crippen LogP contribution in [0.25, 0.3) is 5.69 Å². The summed E-state index contributed by atoms with van der Waals surface area (Å²) < 4.78 is 50.1. The van der Waals surface area contributed by atoms with Gasteiger partial charge in [-0.3, -0.25) is 44.0 Å². The van der Waals surface area contributed by atoms with Crippen LogP contribution in [0.15, 0.2) is 62.6 Å². The van der Waals surface area contributed by atoms with Crippen LogP contribution in [0.5, 0.6) is 5.75 Å². The lowest BCUT2D eigenvalue weighted by atomic mass is 9.81. The van der Waals surface area contributed by atoms with Crippen LogP contribution < -0.4 is 20.7 Å². The molecule has 1 saturated carbocycles. The number of carbonyl (C=O) groups excluding carboxylic acids is 4. The Bertz CT molecular complexity index is 2880. The van der Waals surface area contributed by atoms with Gasteiger partial charge < -0.3 is 33.7 Å². The van der Waals surface area contributed by atoms with Crippen molar-refractivity contribution in [3.8, 4) is 11.4 Å². The second kappa shape index (κ2) is 28.5. The van der Waals surface area contributed by atoms with Crippen molar-refractivity contribution in [1.82, 2.24) is 15.1 Å². The second-order valence-corrected chi connectivity index (χ2v) is 22.6. The number of halogens is 3. The number of nitro groups is 1. The molecule has 0 saturated heterocycles. The summed E-state index contributed by atoms with van der Waals surface area (Å²) in [4.78, 5) is 98.1. The summed E-state index contributed by atoms with van der Waals surface area (Å²) >= 11 is 18.1. The van der Waals surface area contributed by atoms with Crippen LogP contribution in [0.4, 0.5) is 11.4 Å². The first-order chi connectivity index (χ1) is 34.2. The molecule has 22 nitrogen and oxygen atoms in total. The van der Waals surface area contributed by atoms with E-state index in [1.807, 2.05) is 60.6 Å². The summed E-state index contributed by atoms with van der Waals surface area (Å²) in [6, 6.07) is 11.9. The number of nitrogens with one attached hydrogen (secondary N) is 1. The van der Waals surface area contributed by atoms with Gasteiger partial charge in [0.15, 0.2) is 27.2 Å². The number of carboxylic acids is 1. The van der Waals surface area contributed by atoms with E-state index >= 15 is 0 Å². The molecular weight excluding hydrogens is 1080 g/mol. The number of amides is 1. The van der Waals surface area contributed by atoms with E-state index in [4.69, 9.17) is 63.6 Å². The van der Waals surface area contributed by atoms with E-state index in [1.54, 1.807) is 18.1 Å². The molecule has 1 unspecified atom stereocenters. The molecule has 3 aromatic carbocycles. The fourth-order valence-corrected chi connectivity index (χ4v) is 8.52. The third-order valence-corrected chi connectivity index (χ3v) is 12.7. The van der Waals surface area contributed by atoms with Gasteiger partial charge in [0.1, 0.15) is 17.5 Å². The molecule has 1 heterocycles. The number of para-hydroxylation sites is 1. The van der Waals surface area contributed by atoms with Crippen LogP contribution in [-0.4, -0.2) is 118 Å². The van der Waals surface area contributed by atoms with E-state index < -0.39 is 81.4 Å². The van der Waals surface area contributed by atoms with Gasteiger partial charge in [0, 0.05) is 43.8 Å². The predicted octanol–water partition coefficient (Wildman–Crippen LogP) is 7.30. The van der Waals surface area contributed by atoms with Crippen LogP contribution in [0.3, 0.4) is 0 Å². The van der Waals surface area contributed by atoms with E-state index in [9.17, 15) is 51.9 Å². The number of methoxy groups -OCH3 is 1. The summed E-state index contributed by atoms with van der Waals surface area (Å²) in [6.07, 6.45) is 1.58. The molecule has 4 aromatic rings. The highest BCUT2D eigenvalue weighted by Crippen LogP contribution is 2.35. The number of benzene rings is 3. The van der Waals surface area contributed by atoms with Crippen LogP contribution in [0.1, 0.15) is 95.1 Å². The Morgan fingerprint density at radius 3 is 2.12 bits per heavy atom. The van der Waals surface area contributed by atoms with Crippen LogP contribution >= 0.6 is 42.4 Å². The van der Waals surface area contributed by atoms with Gasteiger partial charge in [0.25, 0.3) is 5.69 Å². The van der Waals surface area contributed by atoms with Gasteiger partial charge >= 0.3 is 19.3 Å². The maximum Gasteiger partial charge on any atom is 0.442 e. The number of carboxylic acid groups (broad SMARTS) is 1. The second-order valence-electron chi connectivity index (χ2n) is 17.8. The van der Waals surface area contributed by atoms with Gasteiger partial charge in [-0.1, -0.05) is 69.1 Å². The third kappa shape index (κ3) is 19.4. The average Bonchev–Trinajstić information content (AvgIpc) is 3.69. The summed E-state index contributed by atoms with van der Waals surface area (Å²) in [6.45, 7) is 15.6. The summed E-state index contributed by atoms with van der Waals surface area (Å²) in [5.41, 5.74) is 2.02. The fourth-order valence-electron chi connectivity index (χ4n) is 6.84. The van der Waals surface area contributed by atoms with E-state index in [0.29, 0.717) is 35.4 Å². The number of aliphatic carboxylic acids is 1. The predicted molar refractivity (Wildman–Crippen MR) is 277 cm³/mol. The van der Waals surface area contributed by atoms with Gasteiger partial charge in [0.05, 0.1) is 68.4 Å². The first kappa shape index (κ1) is 64.8. The number of anilines is 1. The number of ketones is 3. The molecule has 0 aliphatic heterocycles. The zero-order valence-electron chi connectivity index (χ0n) is 42.3. The fraction of sp³-hybridized carbons (Fsp3) is 0.468. The lowest BCUT2D eigenvalue weighted by Gasteiger charge is -2.31. The number of nitro benzene ring substituents is 1. The van der Waals surface area contributed by atoms with E-state index in [-0.39, 0.29) is 52.1 Å². The number of rotatable bonds is 17. The maximum absolute atomic E-state index is 12.4. The lowest BCUT2D eigenvalue weighted by Crippen LogP contribution is -2.43. The van der Waals surface area contributed by atoms with E-state index in [1.165, 1.54) is 6.07 Å². The Morgan fingerprint density at radius 1 is 1.04 bits per heavy atom. The van der Waals surface area contributed by atoms with Crippen molar-refractivity contribution in [3.63, 3.8) is 0 Å². The van der Waals surface area contributed by atoms with Crippen molar-refractivity contribution in [2.45, 2.75) is 104 Å². The molecule has 27 heteroatoms. The van der Waals surface area contributed by atoms with Gasteiger partial charge in [0.2, 0.25) is 11.8 Å². The summed E-state index contributed by atoms with van der Waals surface area (Å²) in [5.74, 6) is -4.71. The zero-order valence-corrected chi connectivity index (χ0v) is 46.3. The summed E-state index contributed by atoms with van der Waals surface area (Å²) in [5, 5.41) is 26.1. The van der Waals surface area contributed by atoms with Crippen molar-refractivity contribution >= 4 is 92.8 Å². The molecule has 4 N–H and O–H groups in total. The van der Waals surface area contributed by atoms with Crippen molar-refractivity contribution in [2.24, 2.45) is 5.92 Å². The van der Waals surface area contributed by atoms with Crippen molar-refractivity contribution in [3.05, 3.63) is 102 Å². The van der Waals surface area contributed by atoms with Crippen LogP contribution in [0.2, 0.25) is 10.0 Å². The number of nitrogens with zero attached hydrogens (tertiary/aromatic N) is 4. The molecule has 5 rings (SSSR count). The highest BCUT2D eigenvalue weighted by molar-refractivity contribution is 7.90. The minimum Gasteiger partial charge on any atom is -0.489 e. The van der Waals surface area contributed by atoms with Crippen molar-refractivity contribution in [2.75, 3.05) is 43.6 Å². The number of ether oxygens (including phenoxy) is 2. The molecule has 0 spiro atoms. The highest BCUT2D eigenvalue weighted by atomic mass is 35.5. The molecule has 0 bridgehead atoms. The molecule has 408 valence electrons. The smallest absolute Gasteiger partial charge is 0.442 e. The monoisotopic (exact) mass is 1140 g/mol. The van der Waals surface area contributed by atoms with Gasteiger partial charge in [-0.15, -0.1) is 16.7 Å². The Balaban J connectivity index is 0.000000350. The normalized spacial score (nSPS) is 13.4. The maximum atomic E-state index is 12.4. The Hall–Kier alpha value is -5.36. The van der Waals surface area contributed by atoms with Crippen LogP contribution in [0, 0.1) is 23.0 Å². The molecule has 1 amide bonds. The van der Waals surface area contributed by atoms with E-state index in [2.05, 4.69) is 23.4 Å². The number of hydrogen-bond donors (Lipinski definition) is 4. The number of hydrogen-bond acceptors (Lipinski definition) is 16. The minimum atomic E-state index is -4.10. The number of carbonyl (C=O) groups is 5. The van der Waals surface area contributed by atoms with Gasteiger partial charge in [-0.2, -0.15) is 4.68 Å². The average molecular weight is 1140 g/mol. The quantitative estimate of drug-likeness (QED) is 0.0201. The number of Topliss-reactive ketones (excluding diaryl/α,β-unsaturated/α-hetero) is 3. The van der Waals surface area contributed by atoms with Gasteiger partial charge in [-0.25, -0.2) is 13.2 Å². The molecular formula is C47H61Cl3N5O17PS. The van der Waals surface area contributed by atoms with E-state index in [0.717, 1.165) is 52.4 Å². The standard InChI is InChI=1S/C15H18Cl2N2O3.C15H22ClNO2.C14H13NO7S.C3H8NO5P/c1-8(2)21-12-7-11(9(16)6-10(12)17)19-14(20)22-13(18-19)15(3,4)5;1-5-13-8-6-7-11(2)15(13)17(14(18)9-16)12(3)10-19-4;1-23(21,22)8-5-6-9(10(7-8)15(19)20)14(18)13-11(16)3-2-4-12(13)17;5-3(6)1-4-2-10(7,8)9/h6-8H,1-5H3;6-8,12H,5,9-10H2,1-4H3;5-7,13H,2-4H2,1H3;4H,1-2H2,(H,5,6)(H2,7,8,9). The minimum absolute atomic E-state index is 0.0223. The molecule has 1 atom stereocenters. The molecule has 1 aliphatic rings. The molecule has 1 aromatic heterocycles. The Labute approximate surface area is 442 Å². The first-order valence-corrected chi connectivity index (χ1v) is 27.5. The number of alkyl halides is 1. The summed E-state index contributed by atoms with van der Waals surface area (Å²) in [7, 11) is -6.16. The van der Waals surface area contributed by atoms with Crippen molar-refractivity contribution < 1.29 is 70.7 Å². The first-order valence-electron chi connectivity index (χ1n) is 22.5.